The van der Waals surface area contributed by atoms with E-state index < -0.39 is 13.5 Å². The fraction of sp³-hybridized carbons (Fsp3) is 0.542. The molecule has 1 aromatic heterocycles. The molecule has 0 saturated carbocycles. The van der Waals surface area contributed by atoms with Gasteiger partial charge in [0.25, 0.3) is 0 Å². The third-order valence-electron chi connectivity index (χ3n) is 5.95. The Balaban J connectivity index is 1.43. The van der Waals surface area contributed by atoms with Crippen LogP contribution >= 0.6 is 19.2 Å². The second-order valence-corrected chi connectivity index (χ2v) is 11.0. The van der Waals surface area contributed by atoms with Gasteiger partial charge in [0.05, 0.1) is 24.9 Å². The molecule has 2 amide bonds. The number of rotatable bonds is 12. The van der Waals surface area contributed by atoms with Crippen LogP contribution in [-0.4, -0.2) is 84.1 Å². The van der Waals surface area contributed by atoms with Gasteiger partial charge in [0.15, 0.2) is 0 Å². The van der Waals surface area contributed by atoms with Crippen molar-refractivity contribution in [1.82, 2.24) is 14.9 Å². The zero-order chi connectivity index (χ0) is 26.1. The first kappa shape index (κ1) is 28.3. The lowest BCUT2D eigenvalue weighted by molar-refractivity contribution is -0.166. The molecule has 1 N–H and O–H groups in total. The fourth-order valence-electron chi connectivity index (χ4n) is 4.18. The van der Waals surface area contributed by atoms with Crippen molar-refractivity contribution in [3.63, 3.8) is 0 Å². The lowest BCUT2D eigenvalue weighted by Gasteiger charge is -2.36. The standard InChI is InChI=1S/C24H34ClN4O6P/c1-3-34-36(33,35-4-2)17-5-12-29(32)24(31)9-8-23(30)28-15-13-27(14-16-28)22-10-11-26-21-18-19(25)6-7-20(21)22/h6-7,10-11,18,32H,3-5,8-9,12-17H2,1-2H3. The Kier molecular flexibility index (Phi) is 10.5. The number of hydrogen-bond acceptors (Lipinski definition) is 8. The summed E-state index contributed by atoms with van der Waals surface area (Å²) in [6.07, 6.45) is 2.03. The maximum atomic E-state index is 12.7. The Hall–Kier alpha value is -2.23. The minimum absolute atomic E-state index is 0.0130. The molecule has 3 rings (SSSR count). The molecule has 0 aliphatic carbocycles. The summed E-state index contributed by atoms with van der Waals surface area (Å²) in [6, 6.07) is 7.59. The normalized spacial score (nSPS) is 14.3. The van der Waals surface area contributed by atoms with Gasteiger partial charge in [-0.3, -0.25) is 24.3 Å². The molecule has 1 aliphatic rings. The molecule has 0 unspecified atom stereocenters. The summed E-state index contributed by atoms with van der Waals surface area (Å²) in [6.45, 7) is 6.34. The molecule has 0 atom stereocenters. The Labute approximate surface area is 216 Å². The van der Waals surface area contributed by atoms with Crippen molar-refractivity contribution in [2.24, 2.45) is 0 Å². The van der Waals surface area contributed by atoms with Gasteiger partial charge in [-0.2, -0.15) is 0 Å². The van der Waals surface area contributed by atoms with Crippen molar-refractivity contribution < 1.29 is 28.4 Å². The van der Waals surface area contributed by atoms with Crippen LogP contribution in [0.1, 0.15) is 33.1 Å². The van der Waals surface area contributed by atoms with Gasteiger partial charge in [-0.1, -0.05) is 11.6 Å². The van der Waals surface area contributed by atoms with E-state index in [2.05, 4.69) is 9.88 Å². The number of piperazine rings is 1. The number of carbonyl (C=O) groups is 2. The highest BCUT2D eigenvalue weighted by Crippen LogP contribution is 2.48. The van der Waals surface area contributed by atoms with E-state index in [4.69, 9.17) is 20.6 Å². The molecule has 0 spiro atoms. The second-order valence-electron chi connectivity index (χ2n) is 8.40. The quantitative estimate of drug-likeness (QED) is 0.242. The van der Waals surface area contributed by atoms with Crippen LogP contribution in [0.2, 0.25) is 5.02 Å². The Bertz CT molecular complexity index is 1090. The van der Waals surface area contributed by atoms with E-state index in [0.29, 0.717) is 36.3 Å². The van der Waals surface area contributed by atoms with Gasteiger partial charge in [0.1, 0.15) is 0 Å². The number of aromatic nitrogens is 1. The number of benzene rings is 1. The van der Waals surface area contributed by atoms with Crippen molar-refractivity contribution in [2.75, 3.05) is 57.0 Å². The third kappa shape index (κ3) is 7.63. The Morgan fingerprint density at radius 2 is 1.81 bits per heavy atom. The highest BCUT2D eigenvalue weighted by Gasteiger charge is 2.25. The number of halogens is 1. The molecule has 198 valence electrons. The van der Waals surface area contributed by atoms with Crippen molar-refractivity contribution in [3.8, 4) is 0 Å². The largest absolute Gasteiger partial charge is 0.367 e. The second kappa shape index (κ2) is 13.4. The molecule has 10 nitrogen and oxygen atoms in total. The van der Waals surface area contributed by atoms with Crippen LogP contribution in [0.15, 0.2) is 30.5 Å². The van der Waals surface area contributed by atoms with E-state index in [0.717, 1.165) is 16.6 Å². The molecule has 1 aliphatic heterocycles. The van der Waals surface area contributed by atoms with Crippen molar-refractivity contribution in [1.29, 1.82) is 0 Å². The predicted molar refractivity (Wildman–Crippen MR) is 139 cm³/mol. The molecule has 1 saturated heterocycles. The van der Waals surface area contributed by atoms with Crippen LogP contribution in [0, 0.1) is 0 Å². The molecule has 36 heavy (non-hydrogen) atoms. The third-order valence-corrected chi connectivity index (χ3v) is 8.35. The SMILES string of the molecule is CCOP(=O)(CCCN(O)C(=O)CCC(=O)N1CCN(c2ccnc3cc(Cl)ccc23)CC1)OCC. The summed E-state index contributed by atoms with van der Waals surface area (Å²) in [5.74, 6) is -0.675. The van der Waals surface area contributed by atoms with Gasteiger partial charge in [-0.15, -0.1) is 0 Å². The highest BCUT2D eigenvalue weighted by molar-refractivity contribution is 7.53. The Morgan fingerprint density at radius 3 is 2.47 bits per heavy atom. The molecule has 1 aromatic carbocycles. The molecule has 2 aromatic rings. The maximum Gasteiger partial charge on any atom is 0.330 e. The zero-order valence-corrected chi connectivity index (χ0v) is 22.4. The van der Waals surface area contributed by atoms with Gasteiger partial charge in [0, 0.05) is 67.9 Å². The number of hydrogen-bond donors (Lipinski definition) is 1. The summed E-state index contributed by atoms with van der Waals surface area (Å²) in [5, 5.41) is 12.2. The first-order valence-corrected chi connectivity index (χ1v) is 14.3. The Morgan fingerprint density at radius 1 is 1.11 bits per heavy atom. The minimum Gasteiger partial charge on any atom is -0.367 e. The fourth-order valence-corrected chi connectivity index (χ4v) is 5.99. The summed E-state index contributed by atoms with van der Waals surface area (Å²) in [5.41, 5.74) is 1.87. The van der Waals surface area contributed by atoms with E-state index in [1.54, 1.807) is 24.9 Å². The minimum atomic E-state index is -3.22. The summed E-state index contributed by atoms with van der Waals surface area (Å²) in [7, 11) is -3.22. The molecule has 0 radical (unpaired) electrons. The molecular weight excluding hydrogens is 507 g/mol. The number of carbonyl (C=O) groups excluding carboxylic acids is 2. The van der Waals surface area contributed by atoms with E-state index in [1.807, 2.05) is 24.3 Å². The van der Waals surface area contributed by atoms with Crippen LogP contribution in [0.3, 0.4) is 0 Å². The lowest BCUT2D eigenvalue weighted by atomic mass is 10.1. The smallest absolute Gasteiger partial charge is 0.330 e. The molecular formula is C24H34ClN4O6P. The first-order valence-electron chi connectivity index (χ1n) is 12.2. The van der Waals surface area contributed by atoms with E-state index in [9.17, 15) is 19.4 Å². The van der Waals surface area contributed by atoms with Crippen LogP contribution in [-0.2, 0) is 23.2 Å². The number of nitrogens with zero attached hydrogens (tertiary/aromatic N) is 4. The monoisotopic (exact) mass is 540 g/mol. The highest BCUT2D eigenvalue weighted by atomic mass is 35.5. The van der Waals surface area contributed by atoms with E-state index in [1.165, 1.54) is 0 Å². The maximum absolute atomic E-state index is 12.7. The average molecular weight is 541 g/mol. The molecule has 0 bridgehead atoms. The summed E-state index contributed by atoms with van der Waals surface area (Å²) >= 11 is 6.09. The van der Waals surface area contributed by atoms with Gasteiger partial charge in [-0.05, 0) is 44.5 Å². The van der Waals surface area contributed by atoms with Gasteiger partial charge >= 0.3 is 7.60 Å². The van der Waals surface area contributed by atoms with Crippen LogP contribution in [0.4, 0.5) is 5.69 Å². The summed E-state index contributed by atoms with van der Waals surface area (Å²) < 4.78 is 22.9. The van der Waals surface area contributed by atoms with Crippen LogP contribution in [0.5, 0.6) is 0 Å². The topological polar surface area (TPSA) is 113 Å². The zero-order valence-electron chi connectivity index (χ0n) is 20.8. The van der Waals surface area contributed by atoms with Crippen molar-refractivity contribution >= 4 is 47.6 Å². The first-order chi connectivity index (χ1) is 17.3. The molecule has 12 heteroatoms. The molecule has 2 heterocycles. The number of amides is 2. The number of anilines is 1. The number of fused-ring (bicyclic) bond motifs is 1. The predicted octanol–water partition coefficient (Wildman–Crippen LogP) is 4.19. The van der Waals surface area contributed by atoms with E-state index in [-0.39, 0.29) is 51.1 Å². The number of pyridine rings is 1. The number of hydroxylamine groups is 2. The van der Waals surface area contributed by atoms with Gasteiger partial charge in [-0.25, -0.2) is 5.06 Å². The van der Waals surface area contributed by atoms with Gasteiger partial charge < -0.3 is 18.8 Å². The van der Waals surface area contributed by atoms with Crippen LogP contribution < -0.4 is 4.90 Å². The lowest BCUT2D eigenvalue weighted by Crippen LogP contribution is -2.49. The van der Waals surface area contributed by atoms with Crippen molar-refractivity contribution in [2.45, 2.75) is 33.1 Å². The molecule has 1 fully saturated rings. The summed E-state index contributed by atoms with van der Waals surface area (Å²) in [4.78, 5) is 33.3. The average Bonchev–Trinajstić information content (AvgIpc) is 2.86. The van der Waals surface area contributed by atoms with Crippen LogP contribution in [0.25, 0.3) is 10.9 Å². The van der Waals surface area contributed by atoms with Gasteiger partial charge in [0.2, 0.25) is 11.8 Å². The van der Waals surface area contributed by atoms with Crippen molar-refractivity contribution in [3.05, 3.63) is 35.5 Å². The van der Waals surface area contributed by atoms with E-state index >= 15 is 0 Å².